The average Bonchev–Trinajstić information content (AvgIpc) is 2.47. The van der Waals surface area contributed by atoms with E-state index in [-0.39, 0.29) is 5.91 Å². The number of unbranched alkanes of at least 4 members (excludes halogenated alkanes) is 1. The number of carbonyl (C=O) groups is 1. The molecule has 2 heteroatoms. The lowest BCUT2D eigenvalue weighted by Crippen LogP contribution is -2.09. The summed E-state index contributed by atoms with van der Waals surface area (Å²) in [5, 5.41) is 0. The van der Waals surface area contributed by atoms with Crippen molar-refractivity contribution in [3.63, 3.8) is 0 Å². The summed E-state index contributed by atoms with van der Waals surface area (Å²) in [7, 11) is 0. The molecule has 1 amide bonds. The van der Waals surface area contributed by atoms with Crippen molar-refractivity contribution in [1.82, 2.24) is 0 Å². The Kier molecular flexibility index (Phi) is 7.03. The standard InChI is InChI=1S/C12H10.C5H11NO/c1-3-7-11(8-4-1)12-9-5-2-6-10-12;1-2-3-4-5(6)7/h1-10H;2-4H2,1H3,(H2,6,7). The lowest BCUT2D eigenvalue weighted by Gasteiger charge is -1.98. The number of hydrogen-bond donors (Lipinski definition) is 1. The van der Waals surface area contributed by atoms with Gasteiger partial charge in [0.25, 0.3) is 0 Å². The van der Waals surface area contributed by atoms with Gasteiger partial charge in [0.05, 0.1) is 0 Å². The number of amides is 1. The minimum Gasteiger partial charge on any atom is -0.370 e. The predicted molar refractivity (Wildman–Crippen MR) is 80.6 cm³/mol. The fraction of sp³-hybridized carbons (Fsp3) is 0.235. The van der Waals surface area contributed by atoms with Crippen LogP contribution in [0.25, 0.3) is 11.1 Å². The molecule has 0 atom stereocenters. The molecular formula is C17H21NO. The quantitative estimate of drug-likeness (QED) is 0.881. The highest BCUT2D eigenvalue weighted by atomic mass is 16.1. The second-order valence-electron chi connectivity index (χ2n) is 4.30. The van der Waals surface area contributed by atoms with Gasteiger partial charge in [-0.3, -0.25) is 4.79 Å². The molecule has 0 bridgehead atoms. The van der Waals surface area contributed by atoms with Crippen molar-refractivity contribution in [2.24, 2.45) is 5.73 Å². The number of primary amides is 1. The maximum Gasteiger partial charge on any atom is 0.217 e. The van der Waals surface area contributed by atoms with Crippen LogP contribution in [0.3, 0.4) is 0 Å². The third kappa shape index (κ3) is 6.41. The Morgan fingerprint density at radius 3 is 1.58 bits per heavy atom. The van der Waals surface area contributed by atoms with Crippen LogP contribution >= 0.6 is 0 Å². The van der Waals surface area contributed by atoms with Crippen LogP contribution in [-0.4, -0.2) is 5.91 Å². The number of rotatable bonds is 4. The minimum absolute atomic E-state index is 0.193. The van der Waals surface area contributed by atoms with Crippen LogP contribution in [0.5, 0.6) is 0 Å². The maximum absolute atomic E-state index is 9.98. The molecule has 2 aromatic rings. The SMILES string of the molecule is CCCCC(N)=O.c1ccc(-c2ccccc2)cc1. The molecule has 0 fully saturated rings. The molecular weight excluding hydrogens is 234 g/mol. The van der Waals surface area contributed by atoms with Gasteiger partial charge in [-0.2, -0.15) is 0 Å². The van der Waals surface area contributed by atoms with E-state index >= 15 is 0 Å². The third-order valence-corrected chi connectivity index (χ3v) is 2.66. The summed E-state index contributed by atoms with van der Waals surface area (Å²) >= 11 is 0. The van der Waals surface area contributed by atoms with Crippen LogP contribution < -0.4 is 5.73 Å². The van der Waals surface area contributed by atoms with Crippen LogP contribution in [0.1, 0.15) is 26.2 Å². The number of carbonyl (C=O) groups excluding carboxylic acids is 1. The van der Waals surface area contributed by atoms with Crippen molar-refractivity contribution in [2.75, 3.05) is 0 Å². The fourth-order valence-electron chi connectivity index (χ4n) is 1.61. The predicted octanol–water partition coefficient (Wildman–Crippen LogP) is 4.02. The van der Waals surface area contributed by atoms with Crippen LogP contribution in [0.2, 0.25) is 0 Å². The zero-order valence-corrected chi connectivity index (χ0v) is 11.4. The monoisotopic (exact) mass is 255 g/mol. The Morgan fingerprint density at radius 2 is 1.32 bits per heavy atom. The minimum atomic E-state index is -0.193. The van der Waals surface area contributed by atoms with Gasteiger partial charge in [-0.25, -0.2) is 0 Å². The highest BCUT2D eigenvalue weighted by molar-refractivity contribution is 5.73. The lowest BCUT2D eigenvalue weighted by atomic mass is 10.1. The summed E-state index contributed by atoms with van der Waals surface area (Å²) in [6.45, 7) is 2.03. The number of benzene rings is 2. The van der Waals surface area contributed by atoms with E-state index in [1.54, 1.807) is 0 Å². The highest BCUT2D eigenvalue weighted by Gasteiger charge is 1.91. The molecule has 0 aromatic heterocycles. The van der Waals surface area contributed by atoms with Gasteiger partial charge in [-0.1, -0.05) is 74.0 Å². The molecule has 2 aromatic carbocycles. The first kappa shape index (κ1) is 15.0. The third-order valence-electron chi connectivity index (χ3n) is 2.66. The van der Waals surface area contributed by atoms with Gasteiger partial charge in [0.15, 0.2) is 0 Å². The molecule has 0 spiro atoms. The Labute approximate surface area is 115 Å². The molecule has 0 radical (unpaired) electrons. The van der Waals surface area contributed by atoms with Gasteiger partial charge >= 0.3 is 0 Å². The van der Waals surface area contributed by atoms with Gasteiger partial charge in [0.1, 0.15) is 0 Å². The first-order valence-corrected chi connectivity index (χ1v) is 6.62. The zero-order chi connectivity index (χ0) is 13.9. The average molecular weight is 255 g/mol. The van der Waals surface area contributed by atoms with E-state index in [1.165, 1.54) is 11.1 Å². The van der Waals surface area contributed by atoms with E-state index in [0.717, 1.165) is 12.8 Å². The summed E-state index contributed by atoms with van der Waals surface area (Å²) in [6, 6.07) is 20.8. The van der Waals surface area contributed by atoms with Gasteiger partial charge < -0.3 is 5.73 Å². The molecule has 100 valence electrons. The van der Waals surface area contributed by atoms with Crippen molar-refractivity contribution in [3.8, 4) is 11.1 Å². The molecule has 0 aliphatic carbocycles. The molecule has 2 nitrogen and oxygen atoms in total. The number of nitrogens with two attached hydrogens (primary N) is 1. The van der Waals surface area contributed by atoms with Gasteiger partial charge in [-0.05, 0) is 17.5 Å². The fourth-order valence-corrected chi connectivity index (χ4v) is 1.61. The molecule has 19 heavy (non-hydrogen) atoms. The highest BCUT2D eigenvalue weighted by Crippen LogP contribution is 2.17. The van der Waals surface area contributed by atoms with E-state index < -0.39 is 0 Å². The van der Waals surface area contributed by atoms with E-state index in [2.05, 4.69) is 48.5 Å². The topological polar surface area (TPSA) is 43.1 Å². The molecule has 0 aliphatic rings. The zero-order valence-electron chi connectivity index (χ0n) is 11.4. The first-order valence-electron chi connectivity index (χ1n) is 6.62. The molecule has 2 N–H and O–H groups in total. The van der Waals surface area contributed by atoms with Crippen molar-refractivity contribution < 1.29 is 4.79 Å². The van der Waals surface area contributed by atoms with Gasteiger partial charge in [0.2, 0.25) is 5.91 Å². The maximum atomic E-state index is 9.98. The molecule has 2 rings (SSSR count). The van der Waals surface area contributed by atoms with E-state index in [4.69, 9.17) is 5.73 Å². The molecule has 0 saturated carbocycles. The van der Waals surface area contributed by atoms with Crippen molar-refractivity contribution >= 4 is 5.91 Å². The van der Waals surface area contributed by atoms with Crippen LogP contribution in [0, 0.1) is 0 Å². The van der Waals surface area contributed by atoms with Crippen molar-refractivity contribution in [2.45, 2.75) is 26.2 Å². The van der Waals surface area contributed by atoms with Crippen LogP contribution in [0.4, 0.5) is 0 Å². The Hall–Kier alpha value is -2.09. The first-order chi connectivity index (χ1) is 9.24. The summed E-state index contributed by atoms with van der Waals surface area (Å²) in [4.78, 5) is 9.98. The molecule has 0 aliphatic heterocycles. The van der Waals surface area contributed by atoms with Crippen LogP contribution in [-0.2, 0) is 4.79 Å². The normalized spacial score (nSPS) is 9.32. The second-order valence-corrected chi connectivity index (χ2v) is 4.30. The molecule has 0 heterocycles. The van der Waals surface area contributed by atoms with E-state index in [9.17, 15) is 4.79 Å². The molecule has 0 saturated heterocycles. The van der Waals surface area contributed by atoms with Crippen LogP contribution in [0.15, 0.2) is 60.7 Å². The number of hydrogen-bond acceptors (Lipinski definition) is 1. The summed E-state index contributed by atoms with van der Waals surface area (Å²) < 4.78 is 0. The van der Waals surface area contributed by atoms with Crippen molar-refractivity contribution in [3.05, 3.63) is 60.7 Å². The smallest absolute Gasteiger partial charge is 0.217 e. The van der Waals surface area contributed by atoms with Gasteiger partial charge in [0, 0.05) is 6.42 Å². The Balaban J connectivity index is 0.000000224. The van der Waals surface area contributed by atoms with E-state index in [1.807, 2.05) is 19.1 Å². The summed E-state index contributed by atoms with van der Waals surface area (Å²) in [6.07, 6.45) is 2.51. The summed E-state index contributed by atoms with van der Waals surface area (Å²) in [5.41, 5.74) is 7.39. The van der Waals surface area contributed by atoms with E-state index in [0.29, 0.717) is 6.42 Å². The molecule has 0 unspecified atom stereocenters. The second kappa shape index (κ2) is 8.92. The van der Waals surface area contributed by atoms with Crippen molar-refractivity contribution in [1.29, 1.82) is 0 Å². The lowest BCUT2D eigenvalue weighted by molar-refractivity contribution is -0.118. The Bertz CT molecular complexity index is 428. The largest absolute Gasteiger partial charge is 0.370 e. The van der Waals surface area contributed by atoms with Gasteiger partial charge in [-0.15, -0.1) is 0 Å². The summed E-state index contributed by atoms with van der Waals surface area (Å²) in [5.74, 6) is -0.193. The Morgan fingerprint density at radius 1 is 0.895 bits per heavy atom.